The van der Waals surface area contributed by atoms with Crippen molar-refractivity contribution in [3.05, 3.63) is 81.5 Å². The van der Waals surface area contributed by atoms with E-state index >= 15 is 0 Å². The molecule has 0 spiro atoms. The van der Waals surface area contributed by atoms with E-state index in [-0.39, 0.29) is 6.04 Å². The van der Waals surface area contributed by atoms with Gasteiger partial charge in [-0.25, -0.2) is 0 Å². The summed E-state index contributed by atoms with van der Waals surface area (Å²) in [4.78, 5) is 28.5. The minimum atomic E-state index is -0.643. The van der Waals surface area contributed by atoms with Gasteiger partial charge in [-0.05, 0) is 60.5 Å². The van der Waals surface area contributed by atoms with Crippen LogP contribution in [0.2, 0.25) is 0 Å². The van der Waals surface area contributed by atoms with Crippen LogP contribution in [0.15, 0.2) is 60.0 Å². The summed E-state index contributed by atoms with van der Waals surface area (Å²) in [7, 11) is 0. The third-order valence-electron chi connectivity index (χ3n) is 5.47. The first-order valence-corrected chi connectivity index (χ1v) is 11.0. The van der Waals surface area contributed by atoms with Gasteiger partial charge in [0, 0.05) is 29.3 Å². The predicted octanol–water partition coefficient (Wildman–Crippen LogP) is 4.22. The summed E-state index contributed by atoms with van der Waals surface area (Å²) >= 11 is 1.67. The number of carbonyl (C=O) groups excluding carboxylic acids is 2. The highest BCUT2D eigenvalue weighted by Gasteiger charge is 2.28. The van der Waals surface area contributed by atoms with E-state index in [1.165, 1.54) is 16.1 Å². The summed E-state index contributed by atoms with van der Waals surface area (Å²) in [5, 5.41) is 7.62. The number of thiophene rings is 1. The first-order chi connectivity index (χ1) is 14.5. The molecule has 0 saturated heterocycles. The highest BCUT2D eigenvalue weighted by atomic mass is 32.1. The molecule has 1 atom stereocenters. The van der Waals surface area contributed by atoms with Gasteiger partial charge in [0.05, 0.1) is 6.04 Å². The highest BCUT2D eigenvalue weighted by molar-refractivity contribution is 7.10. The summed E-state index contributed by atoms with van der Waals surface area (Å²) in [6, 6.07) is 18.2. The van der Waals surface area contributed by atoms with E-state index < -0.39 is 11.8 Å². The third-order valence-corrected chi connectivity index (χ3v) is 6.45. The van der Waals surface area contributed by atoms with Gasteiger partial charge in [0.1, 0.15) is 0 Å². The molecule has 2 N–H and O–H groups in total. The lowest BCUT2D eigenvalue weighted by Crippen LogP contribution is -2.41. The fraction of sp³-hybridized carbons (Fsp3) is 0.250. The van der Waals surface area contributed by atoms with Crippen LogP contribution in [0, 0.1) is 13.8 Å². The largest absolute Gasteiger partial charge is 0.361 e. The summed E-state index contributed by atoms with van der Waals surface area (Å²) in [5.41, 5.74) is 5.13. The second kappa shape index (κ2) is 8.71. The fourth-order valence-corrected chi connectivity index (χ4v) is 4.69. The van der Waals surface area contributed by atoms with Gasteiger partial charge in [-0.3, -0.25) is 9.59 Å². The van der Waals surface area contributed by atoms with Gasteiger partial charge in [0.2, 0.25) is 0 Å². The van der Waals surface area contributed by atoms with Gasteiger partial charge < -0.3 is 15.5 Å². The molecule has 1 aliphatic rings. The van der Waals surface area contributed by atoms with Crippen molar-refractivity contribution in [2.24, 2.45) is 0 Å². The van der Waals surface area contributed by atoms with Crippen LogP contribution in [0.25, 0.3) is 0 Å². The molecule has 4 rings (SSSR count). The van der Waals surface area contributed by atoms with Crippen LogP contribution in [0.3, 0.4) is 0 Å². The monoisotopic (exact) mass is 419 g/mol. The van der Waals surface area contributed by atoms with Crippen molar-refractivity contribution < 1.29 is 9.59 Å². The zero-order chi connectivity index (χ0) is 21.1. The van der Waals surface area contributed by atoms with Gasteiger partial charge >= 0.3 is 11.8 Å². The van der Waals surface area contributed by atoms with Crippen molar-refractivity contribution in [1.29, 1.82) is 0 Å². The number of anilines is 2. The molecule has 1 unspecified atom stereocenters. The van der Waals surface area contributed by atoms with Crippen LogP contribution < -0.4 is 15.5 Å². The van der Waals surface area contributed by atoms with Gasteiger partial charge in [0.15, 0.2) is 0 Å². The lowest BCUT2D eigenvalue weighted by molar-refractivity contribution is -0.136. The number of aryl methyl sites for hydroxylation is 2. The lowest BCUT2D eigenvalue weighted by atomic mass is 10.1. The molecular formula is C24H25N3O2S. The van der Waals surface area contributed by atoms with E-state index in [2.05, 4.69) is 39.8 Å². The molecule has 2 aromatic carbocycles. The number of amides is 2. The van der Waals surface area contributed by atoms with Gasteiger partial charge in [0.25, 0.3) is 0 Å². The number of para-hydroxylation sites is 1. The SMILES string of the molecule is Cc1ccc(C)c(NC(=O)C(=O)NCC(c2cccs2)N2CCc3ccccc32)c1. The lowest BCUT2D eigenvalue weighted by Gasteiger charge is -2.30. The molecule has 1 aromatic heterocycles. The Kier molecular flexibility index (Phi) is 5.86. The Balaban J connectivity index is 1.46. The number of hydrogen-bond acceptors (Lipinski definition) is 4. The van der Waals surface area contributed by atoms with Gasteiger partial charge in [-0.1, -0.05) is 36.4 Å². The number of benzene rings is 2. The first kappa shape index (κ1) is 20.2. The van der Waals surface area contributed by atoms with E-state index in [9.17, 15) is 9.59 Å². The van der Waals surface area contributed by atoms with Crippen molar-refractivity contribution in [2.75, 3.05) is 23.3 Å². The maximum atomic E-state index is 12.5. The van der Waals surface area contributed by atoms with E-state index in [1.807, 2.05) is 49.6 Å². The minimum Gasteiger partial charge on any atom is -0.361 e. The summed E-state index contributed by atoms with van der Waals surface area (Å²) in [6.45, 7) is 5.12. The number of nitrogens with one attached hydrogen (secondary N) is 2. The topological polar surface area (TPSA) is 61.4 Å². The Morgan fingerprint density at radius 2 is 1.90 bits per heavy atom. The standard InChI is InChI=1S/C24H25N3O2S/c1-16-9-10-17(2)19(14-16)26-24(29)23(28)25-15-21(22-8-5-13-30-22)27-12-11-18-6-3-4-7-20(18)27/h3-10,13-14,21H,11-12,15H2,1-2H3,(H,25,28)(H,26,29). The molecule has 2 heterocycles. The quantitative estimate of drug-likeness (QED) is 0.609. The Hall–Kier alpha value is -3.12. The molecule has 0 aliphatic carbocycles. The van der Waals surface area contributed by atoms with Crippen molar-refractivity contribution in [1.82, 2.24) is 5.32 Å². The molecule has 30 heavy (non-hydrogen) atoms. The number of nitrogens with zero attached hydrogens (tertiary/aromatic N) is 1. The smallest absolute Gasteiger partial charge is 0.313 e. The second-order valence-corrected chi connectivity index (χ2v) is 8.57. The molecule has 0 radical (unpaired) electrons. The van der Waals surface area contributed by atoms with Crippen LogP contribution in [-0.2, 0) is 16.0 Å². The number of hydrogen-bond donors (Lipinski definition) is 2. The van der Waals surface area contributed by atoms with Crippen molar-refractivity contribution in [3.8, 4) is 0 Å². The number of fused-ring (bicyclic) bond motifs is 1. The fourth-order valence-electron chi connectivity index (χ4n) is 3.85. The molecule has 1 aliphatic heterocycles. The molecule has 6 heteroatoms. The van der Waals surface area contributed by atoms with Crippen LogP contribution in [-0.4, -0.2) is 24.9 Å². The van der Waals surface area contributed by atoms with E-state index in [0.717, 1.165) is 24.1 Å². The van der Waals surface area contributed by atoms with Gasteiger partial charge in [-0.15, -0.1) is 11.3 Å². The van der Waals surface area contributed by atoms with E-state index in [1.54, 1.807) is 11.3 Å². The molecule has 154 valence electrons. The average molecular weight is 420 g/mol. The number of rotatable bonds is 5. The Bertz CT molecular complexity index is 1060. The van der Waals surface area contributed by atoms with Crippen molar-refractivity contribution in [3.63, 3.8) is 0 Å². The maximum absolute atomic E-state index is 12.5. The van der Waals surface area contributed by atoms with Crippen molar-refractivity contribution >= 4 is 34.5 Å². The Morgan fingerprint density at radius 3 is 2.70 bits per heavy atom. The molecule has 0 bridgehead atoms. The summed E-state index contributed by atoms with van der Waals surface area (Å²) in [6.07, 6.45) is 0.985. The van der Waals surface area contributed by atoms with Crippen LogP contribution in [0.5, 0.6) is 0 Å². The predicted molar refractivity (Wildman–Crippen MR) is 122 cm³/mol. The van der Waals surface area contributed by atoms with E-state index in [0.29, 0.717) is 12.2 Å². The summed E-state index contributed by atoms with van der Waals surface area (Å²) in [5.74, 6) is -1.26. The molecule has 3 aromatic rings. The van der Waals surface area contributed by atoms with E-state index in [4.69, 9.17) is 0 Å². The molecule has 2 amide bonds. The Morgan fingerprint density at radius 1 is 1.07 bits per heavy atom. The van der Waals surface area contributed by atoms with Crippen LogP contribution in [0.4, 0.5) is 11.4 Å². The third kappa shape index (κ3) is 4.24. The molecule has 5 nitrogen and oxygen atoms in total. The molecule has 0 fully saturated rings. The highest BCUT2D eigenvalue weighted by Crippen LogP contribution is 2.36. The van der Waals surface area contributed by atoms with Crippen LogP contribution >= 0.6 is 11.3 Å². The zero-order valence-corrected chi connectivity index (χ0v) is 18.0. The minimum absolute atomic E-state index is 0.00824. The first-order valence-electron chi connectivity index (χ1n) is 10.1. The Labute approximate surface area is 180 Å². The molecular weight excluding hydrogens is 394 g/mol. The normalized spacial score (nSPS) is 13.6. The zero-order valence-electron chi connectivity index (χ0n) is 17.1. The molecule has 0 saturated carbocycles. The van der Waals surface area contributed by atoms with Gasteiger partial charge in [-0.2, -0.15) is 0 Å². The summed E-state index contributed by atoms with van der Waals surface area (Å²) < 4.78 is 0. The second-order valence-electron chi connectivity index (χ2n) is 7.59. The van der Waals surface area contributed by atoms with Crippen LogP contribution in [0.1, 0.15) is 27.6 Å². The number of carbonyl (C=O) groups is 2. The van der Waals surface area contributed by atoms with Crippen molar-refractivity contribution in [2.45, 2.75) is 26.3 Å². The average Bonchev–Trinajstić information content (AvgIpc) is 3.41. The maximum Gasteiger partial charge on any atom is 0.313 e.